The molecule has 2 nitrogen and oxygen atoms in total. The molecule has 0 bridgehead atoms. The van der Waals surface area contributed by atoms with Gasteiger partial charge in [0, 0.05) is 13.0 Å². The van der Waals surface area contributed by atoms with E-state index >= 15 is 0 Å². The quantitative estimate of drug-likeness (QED) is 0.258. The van der Waals surface area contributed by atoms with Crippen molar-refractivity contribution in [2.45, 2.75) is 12.8 Å². The van der Waals surface area contributed by atoms with E-state index in [2.05, 4.69) is 12.2 Å². The lowest BCUT2D eigenvalue weighted by Crippen LogP contribution is -1.96. The summed E-state index contributed by atoms with van der Waals surface area (Å²) < 4.78 is 9.76. The Bertz CT molecular complexity index is 94.1. The Morgan fingerprint density at radius 3 is 2.64 bits per heavy atom. The van der Waals surface area contributed by atoms with Gasteiger partial charge in [-0.1, -0.05) is 12.2 Å². The standard InChI is InChI=1S/C8H15ClO2/c1-10-8-11-7-5-3-2-4-6-9/h2-3H,4-8H2,1H3/b3-2-. The minimum atomic E-state index is 0.378. The van der Waals surface area contributed by atoms with Crippen LogP contribution in [0.25, 0.3) is 0 Å². The van der Waals surface area contributed by atoms with Crippen LogP contribution in [0.1, 0.15) is 12.8 Å². The number of hydrogen-bond donors (Lipinski definition) is 0. The van der Waals surface area contributed by atoms with Crippen LogP contribution in [0.4, 0.5) is 0 Å². The first-order valence-electron chi connectivity index (χ1n) is 3.69. The van der Waals surface area contributed by atoms with Crippen molar-refractivity contribution in [1.82, 2.24) is 0 Å². The Hall–Kier alpha value is -0.0500. The van der Waals surface area contributed by atoms with Gasteiger partial charge >= 0.3 is 0 Å². The number of ether oxygens (including phenoxy) is 2. The summed E-state index contributed by atoms with van der Waals surface area (Å²) in [6.45, 7) is 1.09. The summed E-state index contributed by atoms with van der Waals surface area (Å²) in [6.07, 6.45) is 5.99. The first-order chi connectivity index (χ1) is 5.41. The SMILES string of the molecule is COCOCC/C=C\CCCl. The highest BCUT2D eigenvalue weighted by molar-refractivity contribution is 6.17. The number of hydrogen-bond acceptors (Lipinski definition) is 2. The van der Waals surface area contributed by atoms with E-state index in [0.717, 1.165) is 12.8 Å². The predicted molar refractivity (Wildman–Crippen MR) is 46.9 cm³/mol. The molecule has 0 atom stereocenters. The molecule has 0 rings (SSSR count). The van der Waals surface area contributed by atoms with E-state index in [1.807, 2.05) is 0 Å². The third-order valence-corrected chi connectivity index (χ3v) is 1.29. The molecule has 0 amide bonds. The first kappa shape index (κ1) is 11.0. The van der Waals surface area contributed by atoms with Gasteiger partial charge < -0.3 is 9.47 Å². The van der Waals surface area contributed by atoms with Crippen LogP contribution in [-0.2, 0) is 9.47 Å². The van der Waals surface area contributed by atoms with Gasteiger partial charge in [-0.05, 0) is 12.8 Å². The molecule has 0 aliphatic rings. The monoisotopic (exact) mass is 178 g/mol. The minimum Gasteiger partial charge on any atom is -0.359 e. The van der Waals surface area contributed by atoms with Crippen molar-refractivity contribution < 1.29 is 9.47 Å². The highest BCUT2D eigenvalue weighted by atomic mass is 35.5. The molecule has 66 valence electrons. The third kappa shape index (κ3) is 9.95. The molecular formula is C8H15ClO2. The number of alkyl halides is 1. The van der Waals surface area contributed by atoms with E-state index in [-0.39, 0.29) is 0 Å². The van der Waals surface area contributed by atoms with Gasteiger partial charge in [0.2, 0.25) is 0 Å². The largest absolute Gasteiger partial charge is 0.359 e. The topological polar surface area (TPSA) is 18.5 Å². The van der Waals surface area contributed by atoms with E-state index in [0.29, 0.717) is 19.3 Å². The lowest BCUT2D eigenvalue weighted by Gasteiger charge is -1.97. The molecule has 0 saturated carbocycles. The molecule has 0 heterocycles. The van der Waals surface area contributed by atoms with Crippen molar-refractivity contribution in [3.63, 3.8) is 0 Å². The maximum Gasteiger partial charge on any atom is 0.146 e. The summed E-state index contributed by atoms with van der Waals surface area (Å²) in [6, 6.07) is 0. The van der Waals surface area contributed by atoms with E-state index < -0.39 is 0 Å². The van der Waals surface area contributed by atoms with Crippen molar-refractivity contribution in [2.75, 3.05) is 26.4 Å². The van der Waals surface area contributed by atoms with Gasteiger partial charge in [-0.25, -0.2) is 0 Å². The highest BCUT2D eigenvalue weighted by Gasteiger charge is 1.81. The van der Waals surface area contributed by atoms with Crippen molar-refractivity contribution >= 4 is 11.6 Å². The zero-order valence-electron chi connectivity index (χ0n) is 6.88. The molecule has 11 heavy (non-hydrogen) atoms. The molecule has 0 aliphatic heterocycles. The maximum absolute atomic E-state index is 5.46. The van der Waals surface area contributed by atoms with E-state index in [9.17, 15) is 0 Å². The second-order valence-electron chi connectivity index (χ2n) is 2.05. The van der Waals surface area contributed by atoms with Crippen LogP contribution < -0.4 is 0 Å². The van der Waals surface area contributed by atoms with Gasteiger partial charge in [-0.15, -0.1) is 11.6 Å². The summed E-state index contributed by atoms with van der Waals surface area (Å²) in [5, 5.41) is 0. The molecular weight excluding hydrogens is 164 g/mol. The molecule has 0 aliphatic carbocycles. The molecule has 0 spiro atoms. The molecule has 0 unspecified atom stereocenters. The number of rotatable bonds is 7. The first-order valence-corrected chi connectivity index (χ1v) is 4.23. The van der Waals surface area contributed by atoms with Gasteiger partial charge in [0.25, 0.3) is 0 Å². The van der Waals surface area contributed by atoms with Gasteiger partial charge in [-0.3, -0.25) is 0 Å². The van der Waals surface area contributed by atoms with Gasteiger partial charge in [0.15, 0.2) is 0 Å². The van der Waals surface area contributed by atoms with E-state index in [1.54, 1.807) is 7.11 Å². The minimum absolute atomic E-state index is 0.378. The molecule has 0 aromatic heterocycles. The summed E-state index contributed by atoms with van der Waals surface area (Å²) in [7, 11) is 1.61. The number of methoxy groups -OCH3 is 1. The Labute approximate surface area is 73.1 Å². The molecule has 0 saturated heterocycles. The van der Waals surface area contributed by atoms with Crippen LogP contribution >= 0.6 is 11.6 Å². The van der Waals surface area contributed by atoms with Crippen LogP contribution in [0.15, 0.2) is 12.2 Å². The number of halogens is 1. The van der Waals surface area contributed by atoms with Crippen molar-refractivity contribution in [3.8, 4) is 0 Å². The number of allylic oxidation sites excluding steroid dienone is 1. The summed E-state index contributed by atoms with van der Waals surface area (Å²) >= 11 is 5.46. The van der Waals surface area contributed by atoms with Gasteiger partial charge in [-0.2, -0.15) is 0 Å². The maximum atomic E-state index is 5.46. The van der Waals surface area contributed by atoms with E-state index in [1.165, 1.54) is 0 Å². The third-order valence-electron chi connectivity index (χ3n) is 1.07. The normalized spacial score (nSPS) is 11.1. The van der Waals surface area contributed by atoms with Crippen LogP contribution in [0.3, 0.4) is 0 Å². The zero-order valence-corrected chi connectivity index (χ0v) is 7.64. The fraction of sp³-hybridized carbons (Fsp3) is 0.750. The fourth-order valence-electron chi connectivity index (χ4n) is 0.592. The Kier molecular flexibility index (Phi) is 9.90. The van der Waals surface area contributed by atoms with Crippen LogP contribution in [0.5, 0.6) is 0 Å². The average Bonchev–Trinajstić information content (AvgIpc) is 2.03. The second-order valence-corrected chi connectivity index (χ2v) is 2.43. The van der Waals surface area contributed by atoms with Crippen molar-refractivity contribution in [1.29, 1.82) is 0 Å². The average molecular weight is 179 g/mol. The van der Waals surface area contributed by atoms with Crippen LogP contribution in [0, 0.1) is 0 Å². The molecule has 0 fully saturated rings. The van der Waals surface area contributed by atoms with Crippen molar-refractivity contribution in [3.05, 3.63) is 12.2 Å². The smallest absolute Gasteiger partial charge is 0.146 e. The zero-order chi connectivity index (χ0) is 8.36. The van der Waals surface area contributed by atoms with Gasteiger partial charge in [0.1, 0.15) is 6.79 Å². The summed E-state index contributed by atoms with van der Waals surface area (Å²) in [4.78, 5) is 0. The lowest BCUT2D eigenvalue weighted by molar-refractivity contribution is -0.0285. The van der Waals surface area contributed by atoms with Gasteiger partial charge in [0.05, 0.1) is 6.61 Å². The fourth-order valence-corrected chi connectivity index (χ4v) is 0.718. The van der Waals surface area contributed by atoms with Crippen LogP contribution in [0.2, 0.25) is 0 Å². The van der Waals surface area contributed by atoms with E-state index in [4.69, 9.17) is 21.1 Å². The Morgan fingerprint density at radius 2 is 2.00 bits per heavy atom. The van der Waals surface area contributed by atoms with Crippen LogP contribution in [-0.4, -0.2) is 26.4 Å². The molecule has 3 heteroatoms. The second kappa shape index (κ2) is 9.95. The predicted octanol–water partition coefficient (Wildman–Crippen LogP) is 2.18. The molecule has 0 N–H and O–H groups in total. The summed E-state index contributed by atoms with van der Waals surface area (Å²) in [5.41, 5.74) is 0. The molecule has 0 aromatic rings. The molecule has 0 aromatic carbocycles. The molecule has 0 radical (unpaired) electrons. The Balaban J connectivity index is 2.89. The van der Waals surface area contributed by atoms with Crippen molar-refractivity contribution in [2.24, 2.45) is 0 Å². The Morgan fingerprint density at radius 1 is 1.27 bits per heavy atom. The lowest BCUT2D eigenvalue weighted by atomic mass is 10.3. The summed E-state index contributed by atoms with van der Waals surface area (Å²) in [5.74, 6) is 0.690. The highest BCUT2D eigenvalue weighted by Crippen LogP contribution is 1.90.